The summed E-state index contributed by atoms with van der Waals surface area (Å²) >= 11 is 9.18. The summed E-state index contributed by atoms with van der Waals surface area (Å²) in [6, 6.07) is 4.97. The second-order valence-corrected chi connectivity index (χ2v) is 6.09. The Balaban J connectivity index is 2.36. The minimum atomic E-state index is -0.240. The van der Waals surface area contributed by atoms with Crippen molar-refractivity contribution >= 4 is 39.3 Å². The molecule has 0 heterocycles. The van der Waals surface area contributed by atoms with Gasteiger partial charge in [-0.25, -0.2) is 0 Å². The van der Waals surface area contributed by atoms with Crippen LogP contribution < -0.4 is 10.6 Å². The lowest BCUT2D eigenvalue weighted by Gasteiger charge is -2.08. The average molecular weight is 362 g/mol. The molecule has 2 amide bonds. The number of hydrogen-bond donors (Lipinski definition) is 2. The summed E-state index contributed by atoms with van der Waals surface area (Å²) in [5.74, 6) is 0.113. The molecule has 1 rings (SSSR count). The van der Waals surface area contributed by atoms with Gasteiger partial charge in [-0.2, -0.15) is 0 Å². The lowest BCUT2D eigenvalue weighted by molar-refractivity contribution is -0.121. The number of halogens is 2. The topological polar surface area (TPSA) is 58.2 Å². The van der Waals surface area contributed by atoms with Gasteiger partial charge in [0.1, 0.15) is 0 Å². The van der Waals surface area contributed by atoms with Crippen molar-refractivity contribution in [2.75, 3.05) is 13.1 Å². The van der Waals surface area contributed by atoms with Gasteiger partial charge < -0.3 is 10.6 Å². The number of nitrogens with one attached hydrogen (secondary N) is 2. The van der Waals surface area contributed by atoms with E-state index in [1.807, 2.05) is 13.8 Å². The molecule has 0 saturated heterocycles. The van der Waals surface area contributed by atoms with Crippen LogP contribution in [0.25, 0.3) is 0 Å². The van der Waals surface area contributed by atoms with E-state index in [4.69, 9.17) is 11.6 Å². The highest BCUT2D eigenvalue weighted by Crippen LogP contribution is 2.23. The monoisotopic (exact) mass is 360 g/mol. The summed E-state index contributed by atoms with van der Waals surface area (Å²) in [5.41, 5.74) is 0.473. The molecule has 0 atom stereocenters. The van der Waals surface area contributed by atoms with E-state index < -0.39 is 0 Å². The Hall–Kier alpha value is -1.07. The van der Waals surface area contributed by atoms with Crippen LogP contribution in [0.3, 0.4) is 0 Å². The first-order valence-electron chi connectivity index (χ1n) is 6.40. The minimum Gasteiger partial charge on any atom is -0.356 e. The summed E-state index contributed by atoms with van der Waals surface area (Å²) in [6.07, 6.45) is 0.267. The molecular formula is C14H18BrClN2O2. The molecule has 4 nitrogen and oxygen atoms in total. The van der Waals surface area contributed by atoms with Gasteiger partial charge in [-0.05, 0) is 40.0 Å². The predicted octanol–water partition coefficient (Wildman–Crippen LogP) is 2.99. The van der Waals surface area contributed by atoms with Gasteiger partial charge in [0.05, 0.1) is 5.02 Å². The number of carbonyl (C=O) groups is 2. The van der Waals surface area contributed by atoms with E-state index in [0.717, 1.165) is 4.47 Å². The quantitative estimate of drug-likeness (QED) is 0.818. The molecule has 0 aliphatic carbocycles. The standard InChI is InChI=1S/C14H18BrClN2O2/c1-9(2)8-18-13(19)5-6-17-14(20)10-3-4-11(15)12(16)7-10/h3-4,7,9H,5-6,8H2,1-2H3,(H,17,20)(H,18,19). The molecule has 0 radical (unpaired) electrons. The van der Waals surface area contributed by atoms with Crippen LogP contribution in [0.1, 0.15) is 30.6 Å². The number of benzene rings is 1. The largest absolute Gasteiger partial charge is 0.356 e. The number of carbonyl (C=O) groups excluding carboxylic acids is 2. The van der Waals surface area contributed by atoms with Crippen molar-refractivity contribution in [3.05, 3.63) is 33.3 Å². The summed E-state index contributed by atoms with van der Waals surface area (Å²) in [5, 5.41) is 5.96. The van der Waals surface area contributed by atoms with Crippen LogP contribution in [0, 0.1) is 5.92 Å². The van der Waals surface area contributed by atoms with Crippen molar-refractivity contribution in [1.29, 1.82) is 0 Å². The van der Waals surface area contributed by atoms with Crippen LogP contribution in [-0.4, -0.2) is 24.9 Å². The number of amides is 2. The zero-order valence-electron chi connectivity index (χ0n) is 11.5. The van der Waals surface area contributed by atoms with E-state index in [2.05, 4.69) is 26.6 Å². The Bertz CT molecular complexity index is 492. The minimum absolute atomic E-state index is 0.0622. The third-order valence-electron chi connectivity index (χ3n) is 2.53. The van der Waals surface area contributed by atoms with E-state index in [-0.39, 0.29) is 18.2 Å². The SMILES string of the molecule is CC(C)CNC(=O)CCNC(=O)c1ccc(Br)c(Cl)c1. The average Bonchev–Trinajstić information content (AvgIpc) is 2.39. The molecule has 0 unspecified atom stereocenters. The van der Waals surface area contributed by atoms with Gasteiger partial charge in [-0.15, -0.1) is 0 Å². The predicted molar refractivity (Wildman–Crippen MR) is 83.9 cm³/mol. The molecule has 20 heavy (non-hydrogen) atoms. The Morgan fingerprint density at radius 3 is 2.60 bits per heavy atom. The molecule has 1 aromatic carbocycles. The second kappa shape index (κ2) is 8.27. The molecule has 0 aliphatic heterocycles. The van der Waals surface area contributed by atoms with E-state index in [9.17, 15) is 9.59 Å². The molecule has 0 spiro atoms. The molecule has 0 bridgehead atoms. The van der Waals surface area contributed by atoms with E-state index in [0.29, 0.717) is 29.6 Å². The number of rotatable bonds is 6. The maximum absolute atomic E-state index is 11.8. The smallest absolute Gasteiger partial charge is 0.251 e. The van der Waals surface area contributed by atoms with Gasteiger partial charge in [0.2, 0.25) is 5.91 Å². The Morgan fingerprint density at radius 2 is 2.00 bits per heavy atom. The summed E-state index contributed by atoms with van der Waals surface area (Å²) in [6.45, 7) is 5.00. The highest BCUT2D eigenvalue weighted by atomic mass is 79.9. The fraction of sp³-hybridized carbons (Fsp3) is 0.429. The molecular weight excluding hydrogens is 344 g/mol. The first kappa shape index (κ1) is 17.0. The van der Waals surface area contributed by atoms with Crippen LogP contribution in [0.2, 0.25) is 5.02 Å². The van der Waals surface area contributed by atoms with Gasteiger partial charge >= 0.3 is 0 Å². The zero-order chi connectivity index (χ0) is 15.1. The van der Waals surface area contributed by atoms with Crippen molar-refractivity contribution in [3.63, 3.8) is 0 Å². The molecule has 0 aromatic heterocycles. The van der Waals surface area contributed by atoms with Crippen molar-refractivity contribution in [2.24, 2.45) is 5.92 Å². The lowest BCUT2D eigenvalue weighted by atomic mass is 10.2. The molecule has 0 aliphatic rings. The van der Waals surface area contributed by atoms with Gasteiger partial charge in [0, 0.05) is 29.5 Å². The van der Waals surface area contributed by atoms with Crippen molar-refractivity contribution in [1.82, 2.24) is 10.6 Å². The second-order valence-electron chi connectivity index (χ2n) is 4.83. The first-order chi connectivity index (χ1) is 9.40. The molecule has 0 saturated carbocycles. The fourth-order valence-electron chi connectivity index (χ4n) is 1.44. The van der Waals surface area contributed by atoms with Crippen LogP contribution >= 0.6 is 27.5 Å². The van der Waals surface area contributed by atoms with Gasteiger partial charge in [0.15, 0.2) is 0 Å². The third-order valence-corrected chi connectivity index (χ3v) is 3.76. The van der Waals surface area contributed by atoms with Crippen molar-refractivity contribution in [3.8, 4) is 0 Å². The highest BCUT2D eigenvalue weighted by molar-refractivity contribution is 9.10. The van der Waals surface area contributed by atoms with E-state index >= 15 is 0 Å². The third kappa shape index (κ3) is 5.92. The van der Waals surface area contributed by atoms with Gasteiger partial charge in [-0.1, -0.05) is 25.4 Å². The molecule has 6 heteroatoms. The van der Waals surface area contributed by atoms with Crippen LogP contribution in [0.15, 0.2) is 22.7 Å². The zero-order valence-corrected chi connectivity index (χ0v) is 13.8. The number of hydrogen-bond acceptors (Lipinski definition) is 2. The Kier molecular flexibility index (Phi) is 7.02. The van der Waals surface area contributed by atoms with Crippen LogP contribution in [0.5, 0.6) is 0 Å². The Labute approximate surface area is 132 Å². The lowest BCUT2D eigenvalue weighted by Crippen LogP contribution is -2.32. The first-order valence-corrected chi connectivity index (χ1v) is 7.57. The fourth-order valence-corrected chi connectivity index (χ4v) is 1.86. The normalized spacial score (nSPS) is 10.4. The molecule has 110 valence electrons. The maximum Gasteiger partial charge on any atom is 0.251 e. The molecule has 1 aromatic rings. The van der Waals surface area contributed by atoms with E-state index in [1.54, 1.807) is 18.2 Å². The Morgan fingerprint density at radius 1 is 1.30 bits per heavy atom. The highest BCUT2D eigenvalue weighted by Gasteiger charge is 2.08. The molecule has 0 fully saturated rings. The summed E-state index contributed by atoms with van der Waals surface area (Å²) in [7, 11) is 0. The molecule has 2 N–H and O–H groups in total. The van der Waals surface area contributed by atoms with Gasteiger partial charge in [-0.3, -0.25) is 9.59 Å². The van der Waals surface area contributed by atoms with Gasteiger partial charge in [0.25, 0.3) is 5.91 Å². The maximum atomic E-state index is 11.8. The summed E-state index contributed by atoms with van der Waals surface area (Å²) in [4.78, 5) is 23.3. The summed E-state index contributed by atoms with van der Waals surface area (Å²) < 4.78 is 0.740. The van der Waals surface area contributed by atoms with Crippen LogP contribution in [0.4, 0.5) is 0 Å². The van der Waals surface area contributed by atoms with E-state index in [1.165, 1.54) is 0 Å². The van der Waals surface area contributed by atoms with Crippen molar-refractivity contribution in [2.45, 2.75) is 20.3 Å². The van der Waals surface area contributed by atoms with Crippen molar-refractivity contribution < 1.29 is 9.59 Å². The van der Waals surface area contributed by atoms with Crippen LogP contribution in [-0.2, 0) is 4.79 Å².